The highest BCUT2D eigenvalue weighted by molar-refractivity contribution is 7.99. The molecular weight excluding hydrogens is 388 g/mol. The lowest BCUT2D eigenvalue weighted by Crippen LogP contribution is -2.27. The highest BCUT2D eigenvalue weighted by Crippen LogP contribution is 2.39. The second-order valence-corrected chi connectivity index (χ2v) is 8.83. The Morgan fingerprint density at radius 1 is 0.967 bits per heavy atom. The summed E-state index contributed by atoms with van der Waals surface area (Å²) in [4.78, 5) is 13.8. The molecule has 0 spiro atoms. The maximum atomic E-state index is 12.5. The second kappa shape index (κ2) is 9.23. The van der Waals surface area contributed by atoms with Crippen molar-refractivity contribution in [3.8, 4) is 0 Å². The molecule has 3 aromatic carbocycles. The highest BCUT2D eigenvalue weighted by atomic mass is 32.2. The molecule has 1 heterocycles. The number of benzene rings is 3. The number of fused-ring (bicyclic) bond motifs is 1. The minimum absolute atomic E-state index is 0.0168. The van der Waals surface area contributed by atoms with E-state index in [9.17, 15) is 4.79 Å². The van der Waals surface area contributed by atoms with Crippen LogP contribution in [0.5, 0.6) is 0 Å². The quantitative estimate of drug-likeness (QED) is 0.364. The van der Waals surface area contributed by atoms with Gasteiger partial charge in [-0.25, -0.2) is 0 Å². The van der Waals surface area contributed by atoms with Crippen LogP contribution >= 0.6 is 11.8 Å². The first-order chi connectivity index (χ1) is 14.6. The zero-order valence-corrected chi connectivity index (χ0v) is 18.2. The first-order valence-electron chi connectivity index (χ1n) is 10.3. The molecule has 0 radical (unpaired) electrons. The fraction of sp³-hybridized carbons (Fsp3) is 0.192. The lowest BCUT2D eigenvalue weighted by Gasteiger charge is -2.10. The Bertz CT molecular complexity index is 1150. The predicted octanol–water partition coefficient (Wildman–Crippen LogP) is 6.23. The van der Waals surface area contributed by atoms with Crippen LogP contribution in [0.2, 0.25) is 0 Å². The molecule has 0 aliphatic heterocycles. The first kappa shape index (κ1) is 20.3. The lowest BCUT2D eigenvalue weighted by atomic mass is 10.1. The van der Waals surface area contributed by atoms with Gasteiger partial charge in [0.05, 0.1) is 0 Å². The molecule has 152 valence electrons. The molecule has 3 nitrogen and oxygen atoms in total. The van der Waals surface area contributed by atoms with Crippen molar-refractivity contribution in [3.63, 3.8) is 0 Å². The molecule has 1 aromatic heterocycles. The van der Waals surface area contributed by atoms with Crippen LogP contribution < -0.4 is 5.32 Å². The molecule has 30 heavy (non-hydrogen) atoms. The number of hydrogen-bond acceptors (Lipinski definition) is 2. The molecule has 1 N–H and O–H groups in total. The number of carbonyl (C=O) groups is 1. The van der Waals surface area contributed by atoms with Gasteiger partial charge in [0, 0.05) is 45.9 Å². The van der Waals surface area contributed by atoms with Gasteiger partial charge in [-0.3, -0.25) is 4.79 Å². The Morgan fingerprint density at radius 2 is 1.67 bits per heavy atom. The zero-order valence-electron chi connectivity index (χ0n) is 17.3. The summed E-state index contributed by atoms with van der Waals surface area (Å²) in [5.74, 6) is -0.0168. The molecule has 1 unspecified atom stereocenters. The second-order valence-electron chi connectivity index (χ2n) is 7.45. The van der Waals surface area contributed by atoms with Gasteiger partial charge in [0.1, 0.15) is 0 Å². The number of hydrogen-bond donors (Lipinski definition) is 1. The molecule has 1 amide bonds. The predicted molar refractivity (Wildman–Crippen MR) is 126 cm³/mol. The van der Waals surface area contributed by atoms with Crippen molar-refractivity contribution in [1.82, 2.24) is 9.88 Å². The van der Waals surface area contributed by atoms with E-state index in [1.165, 1.54) is 21.4 Å². The van der Waals surface area contributed by atoms with Crippen LogP contribution in [0.25, 0.3) is 10.9 Å². The van der Waals surface area contributed by atoms with Crippen molar-refractivity contribution >= 4 is 28.6 Å². The van der Waals surface area contributed by atoms with Gasteiger partial charge in [-0.1, -0.05) is 66.7 Å². The van der Waals surface area contributed by atoms with Crippen LogP contribution in [0, 0.1) is 6.92 Å². The van der Waals surface area contributed by atoms with E-state index in [0.29, 0.717) is 11.8 Å². The summed E-state index contributed by atoms with van der Waals surface area (Å²) < 4.78 is 2.24. The Kier molecular flexibility index (Phi) is 6.24. The number of aryl methyl sites for hydroxylation is 1. The molecule has 0 saturated heterocycles. The van der Waals surface area contributed by atoms with Crippen molar-refractivity contribution in [1.29, 1.82) is 0 Å². The maximum Gasteiger partial charge on any atom is 0.251 e. The van der Waals surface area contributed by atoms with Crippen LogP contribution in [-0.2, 0) is 6.54 Å². The van der Waals surface area contributed by atoms with E-state index in [-0.39, 0.29) is 5.91 Å². The molecule has 0 fully saturated rings. The minimum atomic E-state index is -0.0168. The topological polar surface area (TPSA) is 34.0 Å². The van der Waals surface area contributed by atoms with Crippen LogP contribution in [0.15, 0.2) is 90.0 Å². The Hall–Kier alpha value is -2.98. The van der Waals surface area contributed by atoms with Gasteiger partial charge in [0.15, 0.2) is 0 Å². The average molecular weight is 415 g/mol. The SMILES string of the molecule is Cc1ccccc1C(=O)NCCn1cc(SC(C)c2ccccc2)c2ccccc21. The van der Waals surface area contributed by atoms with Gasteiger partial charge in [-0.2, -0.15) is 0 Å². The third-order valence-electron chi connectivity index (χ3n) is 5.35. The number of nitrogens with zero attached hydrogens (tertiary/aromatic N) is 1. The van der Waals surface area contributed by atoms with Gasteiger partial charge < -0.3 is 9.88 Å². The third kappa shape index (κ3) is 4.44. The summed E-state index contributed by atoms with van der Waals surface area (Å²) in [6.07, 6.45) is 2.22. The van der Waals surface area contributed by atoms with Crippen molar-refractivity contribution in [3.05, 3.63) is 102 Å². The van der Waals surface area contributed by atoms with E-state index in [2.05, 4.69) is 77.6 Å². The Labute approximate surface area is 182 Å². The molecule has 4 rings (SSSR count). The Morgan fingerprint density at radius 3 is 2.47 bits per heavy atom. The molecule has 0 bridgehead atoms. The summed E-state index contributed by atoms with van der Waals surface area (Å²) in [6, 6.07) is 26.8. The maximum absolute atomic E-state index is 12.5. The average Bonchev–Trinajstić information content (AvgIpc) is 3.12. The lowest BCUT2D eigenvalue weighted by molar-refractivity contribution is 0.0952. The fourth-order valence-corrected chi connectivity index (χ4v) is 4.85. The monoisotopic (exact) mass is 414 g/mol. The number of nitrogens with one attached hydrogen (secondary N) is 1. The Balaban J connectivity index is 1.48. The summed E-state index contributed by atoms with van der Waals surface area (Å²) in [6.45, 7) is 5.53. The highest BCUT2D eigenvalue weighted by Gasteiger charge is 2.14. The van der Waals surface area contributed by atoms with Crippen LogP contribution in [-0.4, -0.2) is 17.0 Å². The molecule has 0 aliphatic carbocycles. The normalized spacial score (nSPS) is 12.1. The van der Waals surface area contributed by atoms with E-state index in [1.54, 1.807) is 0 Å². The van der Waals surface area contributed by atoms with Gasteiger partial charge in [0.25, 0.3) is 5.91 Å². The van der Waals surface area contributed by atoms with Crippen LogP contribution in [0.4, 0.5) is 0 Å². The van der Waals surface area contributed by atoms with Gasteiger partial charge >= 0.3 is 0 Å². The first-order valence-corrected chi connectivity index (χ1v) is 11.1. The van der Waals surface area contributed by atoms with Gasteiger partial charge in [-0.05, 0) is 37.1 Å². The molecule has 0 aliphatic rings. The van der Waals surface area contributed by atoms with E-state index < -0.39 is 0 Å². The smallest absolute Gasteiger partial charge is 0.251 e. The third-order valence-corrected chi connectivity index (χ3v) is 6.56. The number of amides is 1. The number of thioether (sulfide) groups is 1. The molecule has 4 heteroatoms. The fourth-order valence-electron chi connectivity index (χ4n) is 3.69. The van der Waals surface area contributed by atoms with Crippen molar-refractivity contribution < 1.29 is 4.79 Å². The van der Waals surface area contributed by atoms with E-state index in [1.807, 2.05) is 43.0 Å². The van der Waals surface area contributed by atoms with E-state index >= 15 is 0 Å². The largest absolute Gasteiger partial charge is 0.350 e. The number of para-hydroxylation sites is 1. The summed E-state index contributed by atoms with van der Waals surface area (Å²) >= 11 is 1.88. The standard InChI is InChI=1S/C26H26N2OS/c1-19-10-6-7-13-22(19)26(29)27-16-17-28-18-25(23-14-8-9-15-24(23)28)30-20(2)21-11-4-3-5-12-21/h3-15,18,20H,16-17H2,1-2H3,(H,27,29). The molecule has 4 aromatic rings. The van der Waals surface area contributed by atoms with Crippen molar-refractivity contribution in [2.24, 2.45) is 0 Å². The van der Waals surface area contributed by atoms with Crippen LogP contribution in [0.1, 0.15) is 33.7 Å². The van der Waals surface area contributed by atoms with Gasteiger partial charge in [-0.15, -0.1) is 11.8 Å². The zero-order chi connectivity index (χ0) is 20.9. The van der Waals surface area contributed by atoms with Crippen molar-refractivity contribution in [2.45, 2.75) is 30.5 Å². The summed E-state index contributed by atoms with van der Waals surface area (Å²) in [5, 5.41) is 4.69. The molecule has 1 atom stereocenters. The number of carbonyl (C=O) groups excluding carboxylic acids is 1. The molecular formula is C26H26N2OS. The number of rotatable bonds is 7. The number of aromatic nitrogens is 1. The molecule has 0 saturated carbocycles. The summed E-state index contributed by atoms with van der Waals surface area (Å²) in [5.41, 5.74) is 4.26. The van der Waals surface area contributed by atoms with Gasteiger partial charge in [0.2, 0.25) is 0 Å². The van der Waals surface area contributed by atoms with E-state index in [0.717, 1.165) is 17.7 Å². The van der Waals surface area contributed by atoms with E-state index in [4.69, 9.17) is 0 Å². The minimum Gasteiger partial charge on any atom is -0.350 e. The summed E-state index contributed by atoms with van der Waals surface area (Å²) in [7, 11) is 0. The van der Waals surface area contributed by atoms with Crippen LogP contribution in [0.3, 0.4) is 0 Å². The van der Waals surface area contributed by atoms with Crippen molar-refractivity contribution in [2.75, 3.05) is 6.54 Å².